The lowest BCUT2D eigenvalue weighted by molar-refractivity contribution is -0.121. The molecule has 0 radical (unpaired) electrons. The van der Waals surface area contributed by atoms with Crippen LogP contribution in [0.15, 0.2) is 58.5 Å². The van der Waals surface area contributed by atoms with Crippen LogP contribution in [0.5, 0.6) is 5.75 Å². The minimum Gasteiger partial charge on any atom is -0.496 e. The first-order chi connectivity index (χ1) is 12.3. The van der Waals surface area contributed by atoms with Gasteiger partial charge in [-0.15, -0.1) is 0 Å². The van der Waals surface area contributed by atoms with Crippen LogP contribution in [-0.4, -0.2) is 45.5 Å². The van der Waals surface area contributed by atoms with Crippen LogP contribution in [0.4, 0.5) is 0 Å². The van der Waals surface area contributed by atoms with Gasteiger partial charge in [0, 0.05) is 7.05 Å². The summed E-state index contributed by atoms with van der Waals surface area (Å²) in [7, 11) is -0.934. The maximum Gasteiger partial charge on any atom is 0.255 e. The van der Waals surface area contributed by atoms with E-state index in [-0.39, 0.29) is 11.4 Å². The van der Waals surface area contributed by atoms with Gasteiger partial charge in [-0.1, -0.05) is 30.3 Å². The number of methoxy groups -OCH3 is 1. The monoisotopic (exact) mass is 375 g/mol. The van der Waals surface area contributed by atoms with Crippen molar-refractivity contribution in [3.05, 3.63) is 59.7 Å². The number of rotatable bonds is 7. The van der Waals surface area contributed by atoms with Gasteiger partial charge in [0.25, 0.3) is 5.91 Å². The summed E-state index contributed by atoms with van der Waals surface area (Å²) in [5.41, 5.74) is 3.83. The molecule has 0 unspecified atom stereocenters. The van der Waals surface area contributed by atoms with Crippen LogP contribution in [0.1, 0.15) is 11.1 Å². The second-order valence-electron chi connectivity index (χ2n) is 5.60. The zero-order chi connectivity index (χ0) is 19.2. The third-order valence-corrected chi connectivity index (χ3v) is 5.44. The molecule has 0 saturated heterocycles. The molecular weight excluding hydrogens is 354 g/mol. The van der Waals surface area contributed by atoms with E-state index < -0.39 is 15.9 Å². The molecule has 1 N–H and O–H groups in total. The standard InChI is InChI=1S/C18H21N3O4S/c1-14-11-16(9-10-17(14)25-3)26(23,24)21(2)13-18(22)20-19-12-15-7-5-4-6-8-15/h4-12H,13H2,1-3H3,(H,20,22)/b19-12+. The van der Waals surface area contributed by atoms with Crippen molar-refractivity contribution in [1.82, 2.24) is 9.73 Å². The summed E-state index contributed by atoms with van der Waals surface area (Å²) in [4.78, 5) is 12.0. The zero-order valence-electron chi connectivity index (χ0n) is 14.8. The molecule has 0 atom stereocenters. The number of likely N-dealkylation sites (N-methyl/N-ethyl adjacent to an activating group) is 1. The third kappa shape index (κ3) is 4.90. The van der Waals surface area contributed by atoms with Crippen molar-refractivity contribution in [3.8, 4) is 5.75 Å². The van der Waals surface area contributed by atoms with Crippen LogP contribution in [0.3, 0.4) is 0 Å². The molecule has 0 heterocycles. The number of ether oxygens (including phenoxy) is 1. The van der Waals surface area contributed by atoms with E-state index in [1.165, 1.54) is 32.5 Å². The van der Waals surface area contributed by atoms with Crippen molar-refractivity contribution < 1.29 is 17.9 Å². The number of sulfonamides is 1. The normalized spacial score (nSPS) is 11.7. The molecule has 2 rings (SSSR count). The zero-order valence-corrected chi connectivity index (χ0v) is 15.7. The fourth-order valence-corrected chi connectivity index (χ4v) is 3.44. The number of aryl methyl sites for hydroxylation is 1. The Kier molecular flexibility index (Phi) is 6.48. The molecule has 0 aliphatic rings. The first-order valence-electron chi connectivity index (χ1n) is 7.82. The number of carbonyl (C=O) groups excluding carboxylic acids is 1. The molecule has 26 heavy (non-hydrogen) atoms. The molecule has 0 bridgehead atoms. The first-order valence-corrected chi connectivity index (χ1v) is 9.26. The number of benzene rings is 2. The van der Waals surface area contributed by atoms with E-state index >= 15 is 0 Å². The van der Waals surface area contributed by atoms with Crippen molar-refractivity contribution in [3.63, 3.8) is 0 Å². The molecule has 0 fully saturated rings. The largest absolute Gasteiger partial charge is 0.496 e. The Morgan fingerprint density at radius 2 is 1.92 bits per heavy atom. The Hall–Kier alpha value is -2.71. The molecule has 2 aromatic rings. The van der Waals surface area contributed by atoms with E-state index in [0.717, 1.165) is 9.87 Å². The number of amides is 1. The van der Waals surface area contributed by atoms with E-state index in [9.17, 15) is 13.2 Å². The second kappa shape index (κ2) is 8.59. The smallest absolute Gasteiger partial charge is 0.255 e. The predicted molar refractivity (Wildman–Crippen MR) is 99.7 cm³/mol. The van der Waals surface area contributed by atoms with Gasteiger partial charge in [0.2, 0.25) is 10.0 Å². The second-order valence-corrected chi connectivity index (χ2v) is 7.64. The molecule has 138 valence electrons. The molecule has 2 aromatic carbocycles. The van der Waals surface area contributed by atoms with Crippen LogP contribution in [-0.2, 0) is 14.8 Å². The molecule has 0 aliphatic heterocycles. The fraction of sp³-hybridized carbons (Fsp3) is 0.222. The molecule has 0 saturated carbocycles. The summed E-state index contributed by atoms with van der Waals surface area (Å²) in [5, 5.41) is 3.82. The summed E-state index contributed by atoms with van der Waals surface area (Å²) in [5.74, 6) is 0.0630. The van der Waals surface area contributed by atoms with Crippen molar-refractivity contribution in [1.29, 1.82) is 0 Å². The third-order valence-electron chi connectivity index (χ3n) is 3.64. The summed E-state index contributed by atoms with van der Waals surface area (Å²) in [6, 6.07) is 13.8. The minimum atomic E-state index is -3.79. The van der Waals surface area contributed by atoms with E-state index in [1.807, 2.05) is 30.3 Å². The van der Waals surface area contributed by atoms with Gasteiger partial charge in [0.1, 0.15) is 5.75 Å². The maximum atomic E-state index is 12.6. The predicted octanol–water partition coefficient (Wildman–Crippen LogP) is 1.77. The highest BCUT2D eigenvalue weighted by Crippen LogP contribution is 2.23. The Morgan fingerprint density at radius 1 is 1.23 bits per heavy atom. The van der Waals surface area contributed by atoms with E-state index in [1.54, 1.807) is 13.0 Å². The molecular formula is C18H21N3O4S. The van der Waals surface area contributed by atoms with Gasteiger partial charge in [-0.3, -0.25) is 4.79 Å². The number of hydrogen-bond acceptors (Lipinski definition) is 5. The number of hydrogen-bond donors (Lipinski definition) is 1. The summed E-state index contributed by atoms with van der Waals surface area (Å²) >= 11 is 0. The van der Waals surface area contributed by atoms with Gasteiger partial charge in [0.05, 0.1) is 24.8 Å². The van der Waals surface area contributed by atoms with E-state index in [2.05, 4.69) is 10.5 Å². The Labute approximate surface area is 153 Å². The lowest BCUT2D eigenvalue weighted by atomic mass is 10.2. The Morgan fingerprint density at radius 3 is 2.54 bits per heavy atom. The van der Waals surface area contributed by atoms with Crippen molar-refractivity contribution in [2.45, 2.75) is 11.8 Å². The molecule has 8 heteroatoms. The number of hydrazone groups is 1. The van der Waals surface area contributed by atoms with E-state index in [4.69, 9.17) is 4.74 Å². The maximum absolute atomic E-state index is 12.6. The quantitative estimate of drug-likeness (QED) is 0.590. The molecule has 0 aromatic heterocycles. The molecule has 0 aliphatic carbocycles. The molecule has 0 spiro atoms. The lowest BCUT2D eigenvalue weighted by Gasteiger charge is -2.17. The lowest BCUT2D eigenvalue weighted by Crippen LogP contribution is -2.36. The minimum absolute atomic E-state index is 0.0962. The van der Waals surface area contributed by atoms with Crippen molar-refractivity contribution in [2.75, 3.05) is 20.7 Å². The van der Waals surface area contributed by atoms with Gasteiger partial charge in [-0.05, 0) is 36.2 Å². The highest BCUT2D eigenvalue weighted by Gasteiger charge is 2.23. The van der Waals surface area contributed by atoms with Gasteiger partial charge in [-0.2, -0.15) is 9.41 Å². The number of nitrogens with zero attached hydrogens (tertiary/aromatic N) is 2. The van der Waals surface area contributed by atoms with Gasteiger partial charge < -0.3 is 4.74 Å². The fourth-order valence-electron chi connectivity index (χ4n) is 2.23. The van der Waals surface area contributed by atoms with Gasteiger partial charge >= 0.3 is 0 Å². The summed E-state index contributed by atoms with van der Waals surface area (Å²) < 4.78 is 31.3. The SMILES string of the molecule is COc1ccc(S(=O)(=O)N(C)CC(=O)N/N=C/c2ccccc2)cc1C. The van der Waals surface area contributed by atoms with Crippen LogP contribution in [0.2, 0.25) is 0 Å². The highest BCUT2D eigenvalue weighted by molar-refractivity contribution is 7.89. The Bertz CT molecular complexity index is 896. The number of nitrogens with one attached hydrogen (secondary N) is 1. The average Bonchev–Trinajstić information content (AvgIpc) is 2.62. The van der Waals surface area contributed by atoms with Crippen LogP contribution in [0.25, 0.3) is 0 Å². The topological polar surface area (TPSA) is 88.1 Å². The number of carbonyl (C=O) groups is 1. The summed E-state index contributed by atoms with van der Waals surface area (Å²) in [6.07, 6.45) is 1.49. The van der Waals surface area contributed by atoms with Crippen LogP contribution >= 0.6 is 0 Å². The van der Waals surface area contributed by atoms with Crippen LogP contribution < -0.4 is 10.2 Å². The average molecular weight is 375 g/mol. The van der Waals surface area contributed by atoms with Crippen molar-refractivity contribution in [2.24, 2.45) is 5.10 Å². The molecule has 1 amide bonds. The Balaban J connectivity index is 2.01. The van der Waals surface area contributed by atoms with Gasteiger partial charge in [-0.25, -0.2) is 13.8 Å². The molecule has 7 nitrogen and oxygen atoms in total. The highest BCUT2D eigenvalue weighted by atomic mass is 32.2. The first kappa shape index (κ1) is 19.6. The summed E-state index contributed by atoms with van der Waals surface area (Å²) in [6.45, 7) is 1.41. The van der Waals surface area contributed by atoms with Crippen molar-refractivity contribution >= 4 is 22.1 Å². The van der Waals surface area contributed by atoms with E-state index in [0.29, 0.717) is 11.3 Å². The van der Waals surface area contributed by atoms with Gasteiger partial charge in [0.15, 0.2) is 0 Å². The van der Waals surface area contributed by atoms with Crippen LogP contribution in [0, 0.1) is 6.92 Å².